The number of rotatable bonds is 4. The van der Waals surface area contributed by atoms with Crippen LogP contribution in [0.1, 0.15) is 42.1 Å². The van der Waals surface area contributed by atoms with Crippen LogP contribution in [0.4, 0.5) is 10.1 Å². The lowest BCUT2D eigenvalue weighted by Crippen LogP contribution is -2.39. The van der Waals surface area contributed by atoms with Crippen LogP contribution in [0.2, 0.25) is 0 Å². The van der Waals surface area contributed by atoms with Crippen LogP contribution >= 0.6 is 0 Å². The van der Waals surface area contributed by atoms with Crippen LogP contribution in [0.3, 0.4) is 0 Å². The number of benzene rings is 2. The number of amides is 1. The van der Waals surface area contributed by atoms with Crippen LogP contribution < -0.4 is 10.7 Å². The minimum absolute atomic E-state index is 0.116. The van der Waals surface area contributed by atoms with Crippen LogP contribution in [0, 0.1) is 12.7 Å². The number of nitrogens with zero attached hydrogens (tertiary/aromatic N) is 1. The van der Waals surface area contributed by atoms with Gasteiger partial charge in [0.1, 0.15) is 5.82 Å². The molecule has 0 spiro atoms. The lowest BCUT2D eigenvalue weighted by molar-refractivity contribution is -0.117. The Labute approximate surface area is 174 Å². The number of aromatic nitrogens is 1. The van der Waals surface area contributed by atoms with E-state index in [0.717, 1.165) is 16.9 Å². The molecule has 0 aliphatic carbocycles. The van der Waals surface area contributed by atoms with Gasteiger partial charge in [-0.1, -0.05) is 26.0 Å². The number of hydrogen-bond acceptors (Lipinski definition) is 3. The van der Waals surface area contributed by atoms with E-state index in [-0.39, 0.29) is 17.9 Å². The fourth-order valence-electron chi connectivity index (χ4n) is 4.06. The number of aryl methyl sites for hydroxylation is 1. The third-order valence-corrected chi connectivity index (χ3v) is 5.75. The Morgan fingerprint density at radius 2 is 1.97 bits per heavy atom. The van der Waals surface area contributed by atoms with Crippen LogP contribution in [0.5, 0.6) is 0 Å². The Bertz CT molecular complexity index is 1170. The predicted octanol–water partition coefficient (Wildman–Crippen LogP) is 4.10. The Morgan fingerprint density at radius 3 is 2.67 bits per heavy atom. The standard InChI is InChI=1S/C24H26FN3O2/c1-14(2)16-4-6-18(7-5-16)26-22(29)13-28-9-8-21-20(12-28)24(30)19-11-17(25)10-15(3)23(19)27-21/h4-7,10-11,14H,8-9,12-13H2,1-3H3,(H,26,29)(H,27,30). The zero-order valence-electron chi connectivity index (χ0n) is 17.5. The van der Waals surface area contributed by atoms with Crippen LogP contribution in [0.25, 0.3) is 10.9 Å². The van der Waals surface area contributed by atoms with Gasteiger partial charge in [-0.15, -0.1) is 0 Å². The normalized spacial score (nSPS) is 14.2. The third-order valence-electron chi connectivity index (χ3n) is 5.75. The molecule has 5 nitrogen and oxygen atoms in total. The highest BCUT2D eigenvalue weighted by atomic mass is 19.1. The average Bonchev–Trinajstić information content (AvgIpc) is 2.70. The third kappa shape index (κ3) is 4.00. The Hall–Kier alpha value is -2.99. The van der Waals surface area contributed by atoms with E-state index in [1.807, 2.05) is 29.2 Å². The number of anilines is 1. The second-order valence-corrected chi connectivity index (χ2v) is 8.34. The minimum Gasteiger partial charge on any atom is -0.358 e. The highest BCUT2D eigenvalue weighted by Crippen LogP contribution is 2.22. The van der Waals surface area contributed by atoms with Crippen molar-refractivity contribution in [3.8, 4) is 0 Å². The molecule has 2 aromatic carbocycles. The van der Waals surface area contributed by atoms with Gasteiger partial charge in [-0.3, -0.25) is 14.5 Å². The number of halogens is 1. The lowest BCUT2D eigenvalue weighted by atomic mass is 10.0. The number of carbonyl (C=O) groups is 1. The second-order valence-electron chi connectivity index (χ2n) is 8.34. The van der Waals surface area contributed by atoms with Crippen LogP contribution in [-0.2, 0) is 17.8 Å². The quantitative estimate of drug-likeness (QED) is 0.685. The Morgan fingerprint density at radius 1 is 1.23 bits per heavy atom. The number of aromatic amines is 1. The van der Waals surface area contributed by atoms with Gasteiger partial charge in [-0.25, -0.2) is 4.39 Å². The molecule has 0 bridgehead atoms. The average molecular weight is 407 g/mol. The van der Waals surface area contributed by atoms with Gasteiger partial charge in [0.2, 0.25) is 5.91 Å². The van der Waals surface area contributed by atoms with Gasteiger partial charge >= 0.3 is 0 Å². The van der Waals surface area contributed by atoms with E-state index in [4.69, 9.17) is 0 Å². The lowest BCUT2D eigenvalue weighted by Gasteiger charge is -2.28. The molecule has 30 heavy (non-hydrogen) atoms. The molecule has 1 aromatic heterocycles. The molecule has 0 saturated heterocycles. The monoisotopic (exact) mass is 407 g/mol. The molecule has 1 amide bonds. The Balaban J connectivity index is 1.49. The van der Waals surface area contributed by atoms with Gasteiger partial charge in [0.05, 0.1) is 12.1 Å². The van der Waals surface area contributed by atoms with E-state index in [0.29, 0.717) is 41.9 Å². The molecule has 4 rings (SSSR count). The van der Waals surface area contributed by atoms with Crippen molar-refractivity contribution in [2.24, 2.45) is 0 Å². The second kappa shape index (κ2) is 8.03. The first-order valence-corrected chi connectivity index (χ1v) is 10.3. The van der Waals surface area contributed by atoms with E-state index in [9.17, 15) is 14.0 Å². The number of H-pyrrole nitrogens is 1. The topological polar surface area (TPSA) is 65.2 Å². The zero-order valence-corrected chi connectivity index (χ0v) is 17.5. The summed E-state index contributed by atoms with van der Waals surface area (Å²) in [6.45, 7) is 7.29. The minimum atomic E-state index is -0.416. The smallest absolute Gasteiger partial charge is 0.238 e. The van der Waals surface area contributed by atoms with Gasteiger partial charge < -0.3 is 10.3 Å². The molecule has 0 atom stereocenters. The van der Waals surface area contributed by atoms with Gasteiger partial charge in [-0.05, 0) is 48.2 Å². The molecule has 2 heterocycles. The molecule has 0 radical (unpaired) electrons. The predicted molar refractivity (Wildman–Crippen MR) is 117 cm³/mol. The number of pyridine rings is 1. The molecule has 0 fully saturated rings. The summed E-state index contributed by atoms with van der Waals surface area (Å²) in [4.78, 5) is 30.8. The van der Waals surface area contributed by atoms with Crippen molar-refractivity contribution in [1.82, 2.24) is 9.88 Å². The summed E-state index contributed by atoms with van der Waals surface area (Å²) >= 11 is 0. The molecule has 0 unspecified atom stereocenters. The van der Waals surface area contributed by atoms with Crippen molar-refractivity contribution in [1.29, 1.82) is 0 Å². The molecular formula is C24H26FN3O2. The summed E-state index contributed by atoms with van der Waals surface area (Å²) < 4.78 is 13.8. The molecular weight excluding hydrogens is 381 g/mol. The van der Waals surface area contributed by atoms with Crippen molar-refractivity contribution in [2.75, 3.05) is 18.4 Å². The van der Waals surface area contributed by atoms with E-state index in [1.54, 1.807) is 6.92 Å². The summed E-state index contributed by atoms with van der Waals surface area (Å²) in [7, 11) is 0. The Kier molecular flexibility index (Phi) is 5.43. The molecule has 2 N–H and O–H groups in total. The molecule has 1 aliphatic rings. The van der Waals surface area contributed by atoms with E-state index in [2.05, 4.69) is 24.1 Å². The van der Waals surface area contributed by atoms with Gasteiger partial charge in [0.15, 0.2) is 5.43 Å². The van der Waals surface area contributed by atoms with Crippen molar-refractivity contribution < 1.29 is 9.18 Å². The van der Waals surface area contributed by atoms with Crippen LogP contribution in [0.15, 0.2) is 41.2 Å². The summed E-state index contributed by atoms with van der Waals surface area (Å²) in [5.74, 6) is -0.0922. The van der Waals surface area contributed by atoms with Gasteiger partial charge in [0, 0.05) is 41.8 Å². The highest BCUT2D eigenvalue weighted by molar-refractivity contribution is 5.92. The maximum absolute atomic E-state index is 13.8. The first kappa shape index (κ1) is 20.3. The maximum Gasteiger partial charge on any atom is 0.238 e. The number of hydrogen-bond donors (Lipinski definition) is 2. The summed E-state index contributed by atoms with van der Waals surface area (Å²) in [6, 6.07) is 10.6. The summed E-state index contributed by atoms with van der Waals surface area (Å²) in [5, 5.41) is 3.29. The van der Waals surface area contributed by atoms with Crippen LogP contribution in [-0.4, -0.2) is 28.9 Å². The number of nitrogens with one attached hydrogen (secondary N) is 2. The van der Waals surface area contributed by atoms with Gasteiger partial charge in [0.25, 0.3) is 0 Å². The van der Waals surface area contributed by atoms with Crippen molar-refractivity contribution in [2.45, 2.75) is 39.7 Å². The zero-order chi connectivity index (χ0) is 21.4. The fraction of sp³-hybridized carbons (Fsp3) is 0.333. The SMILES string of the molecule is Cc1cc(F)cc2c(=O)c3c([nH]c12)CCN(CC(=O)Nc1ccc(C(C)C)cc1)C3. The highest BCUT2D eigenvalue weighted by Gasteiger charge is 2.23. The first-order valence-electron chi connectivity index (χ1n) is 10.3. The van der Waals surface area contributed by atoms with Gasteiger partial charge in [-0.2, -0.15) is 0 Å². The van der Waals surface area contributed by atoms with E-state index in [1.165, 1.54) is 17.7 Å². The van der Waals surface area contributed by atoms with Crippen molar-refractivity contribution >= 4 is 22.5 Å². The molecule has 1 aliphatic heterocycles. The molecule has 156 valence electrons. The summed E-state index contributed by atoms with van der Waals surface area (Å²) in [5.41, 5.74) is 4.73. The largest absolute Gasteiger partial charge is 0.358 e. The first-order chi connectivity index (χ1) is 14.3. The number of fused-ring (bicyclic) bond motifs is 2. The van der Waals surface area contributed by atoms with E-state index < -0.39 is 5.82 Å². The number of carbonyl (C=O) groups excluding carboxylic acids is 1. The molecule has 6 heteroatoms. The molecule has 0 saturated carbocycles. The fourth-order valence-corrected chi connectivity index (χ4v) is 4.06. The van der Waals surface area contributed by atoms with E-state index >= 15 is 0 Å². The molecule has 3 aromatic rings. The summed E-state index contributed by atoms with van der Waals surface area (Å²) in [6.07, 6.45) is 0.647. The van der Waals surface area contributed by atoms with Crippen molar-refractivity contribution in [3.05, 3.63) is 74.8 Å². The van der Waals surface area contributed by atoms with Crippen molar-refractivity contribution in [3.63, 3.8) is 0 Å². The maximum atomic E-state index is 13.8.